The molecule has 5 atom stereocenters. The first kappa shape index (κ1) is 24.0. The van der Waals surface area contributed by atoms with E-state index in [4.69, 9.17) is 24.3 Å². The SMILES string of the molecule is CCOC(=O)[C@@H](CC(C)C)N[PH]1(O)OC[C@@H]2O[C@H](n3ccc(N)nc3=O)[C@@](C)(O)[C@H]2O1. The number of ether oxygens (including phenoxy) is 2. The van der Waals surface area contributed by atoms with Crippen molar-refractivity contribution in [2.24, 2.45) is 5.92 Å². The van der Waals surface area contributed by atoms with Crippen LogP contribution in [0.2, 0.25) is 0 Å². The number of fused-ring (bicyclic) bond motifs is 1. The van der Waals surface area contributed by atoms with Crippen LogP contribution in [0.5, 0.6) is 0 Å². The van der Waals surface area contributed by atoms with E-state index < -0.39 is 49.8 Å². The van der Waals surface area contributed by atoms with E-state index in [2.05, 4.69) is 10.1 Å². The van der Waals surface area contributed by atoms with Crippen molar-refractivity contribution in [2.75, 3.05) is 18.9 Å². The van der Waals surface area contributed by atoms with Crippen LogP contribution >= 0.6 is 8.09 Å². The quantitative estimate of drug-likeness (QED) is 0.314. The monoisotopic (exact) mass is 462 g/mol. The van der Waals surface area contributed by atoms with Gasteiger partial charge in [-0.2, -0.15) is 0 Å². The van der Waals surface area contributed by atoms with Gasteiger partial charge in [0.25, 0.3) is 0 Å². The number of hydrogen-bond donors (Lipinski definition) is 4. The number of aromatic nitrogens is 2. The number of esters is 1. The maximum atomic E-state index is 12.3. The van der Waals surface area contributed by atoms with Gasteiger partial charge in [-0.25, -0.2) is 0 Å². The number of aliphatic hydroxyl groups is 1. The zero-order valence-electron chi connectivity index (χ0n) is 18.0. The first-order valence-electron chi connectivity index (χ1n) is 10.2. The van der Waals surface area contributed by atoms with Crippen LogP contribution < -0.4 is 16.5 Å². The van der Waals surface area contributed by atoms with Crippen molar-refractivity contribution in [3.05, 3.63) is 22.7 Å². The molecular weight excluding hydrogens is 431 g/mol. The fourth-order valence-corrected chi connectivity index (χ4v) is 5.81. The number of rotatable bonds is 7. The number of nitrogens with one attached hydrogen (secondary N) is 1. The summed E-state index contributed by atoms with van der Waals surface area (Å²) in [5, 5.41) is 14.0. The van der Waals surface area contributed by atoms with Gasteiger partial charge in [0.2, 0.25) is 0 Å². The fourth-order valence-electron chi connectivity index (χ4n) is 3.79. The molecule has 31 heavy (non-hydrogen) atoms. The summed E-state index contributed by atoms with van der Waals surface area (Å²) in [5.74, 6) is -0.363. The molecule has 0 aromatic carbocycles. The van der Waals surface area contributed by atoms with Crippen molar-refractivity contribution in [1.29, 1.82) is 0 Å². The van der Waals surface area contributed by atoms with Crippen molar-refractivity contribution in [3.8, 4) is 0 Å². The number of anilines is 1. The van der Waals surface area contributed by atoms with Crippen molar-refractivity contribution in [1.82, 2.24) is 14.6 Å². The zero-order valence-corrected chi connectivity index (χ0v) is 19.0. The van der Waals surface area contributed by atoms with Gasteiger partial charge in [0, 0.05) is 0 Å². The minimum atomic E-state index is -4.10. The molecule has 3 heterocycles. The standard InChI is InChI=1S/C18H31N4O8P/c1-5-27-15(23)11(8-10(2)3)21-31(26)28-9-12-14(30-31)18(4,25)16(29-12)22-7-6-13(19)20-17(22)24/h6-7,10-12,14,16,21,25-26,31H,5,8-9H2,1-4H3,(H2,19,20,24)/t11-,12+,14+,16+,18+/m1/s1. The number of carbonyl (C=O) groups is 1. The van der Waals surface area contributed by atoms with E-state index in [1.807, 2.05) is 13.8 Å². The van der Waals surface area contributed by atoms with Gasteiger partial charge in [-0.15, -0.1) is 0 Å². The molecule has 0 radical (unpaired) electrons. The van der Waals surface area contributed by atoms with E-state index >= 15 is 0 Å². The molecular formula is C18H31N4O8P. The summed E-state index contributed by atoms with van der Waals surface area (Å²) in [7, 11) is -4.10. The predicted octanol–water partition coefficient (Wildman–Crippen LogP) is -0.141. The van der Waals surface area contributed by atoms with Gasteiger partial charge in [-0.1, -0.05) is 0 Å². The molecule has 0 saturated carbocycles. The fraction of sp³-hybridized carbons (Fsp3) is 0.722. The Morgan fingerprint density at radius 3 is 2.87 bits per heavy atom. The summed E-state index contributed by atoms with van der Waals surface area (Å²) < 4.78 is 23.3. The van der Waals surface area contributed by atoms with Gasteiger partial charge >= 0.3 is 180 Å². The summed E-state index contributed by atoms with van der Waals surface area (Å²) >= 11 is 0. The van der Waals surface area contributed by atoms with Gasteiger partial charge in [0.15, 0.2) is 0 Å². The molecule has 0 spiro atoms. The van der Waals surface area contributed by atoms with E-state index in [1.54, 1.807) is 6.92 Å². The molecule has 1 aromatic heterocycles. The minimum absolute atomic E-state index is 0.0389. The van der Waals surface area contributed by atoms with E-state index in [1.165, 1.54) is 19.2 Å². The molecule has 2 saturated heterocycles. The molecule has 2 aliphatic rings. The molecule has 13 heteroatoms. The van der Waals surface area contributed by atoms with Crippen LogP contribution in [0.3, 0.4) is 0 Å². The summed E-state index contributed by atoms with van der Waals surface area (Å²) in [6.45, 7) is 7.06. The van der Waals surface area contributed by atoms with Crippen molar-refractivity contribution in [2.45, 2.75) is 64.2 Å². The van der Waals surface area contributed by atoms with E-state index in [9.17, 15) is 19.6 Å². The summed E-state index contributed by atoms with van der Waals surface area (Å²) in [6.07, 6.45) is -1.17. The van der Waals surface area contributed by atoms with Gasteiger partial charge in [0.05, 0.1) is 0 Å². The Kier molecular flexibility index (Phi) is 7.02. The molecule has 0 amide bonds. The third kappa shape index (κ3) is 5.06. The first-order chi connectivity index (χ1) is 14.5. The molecule has 0 unspecified atom stereocenters. The molecule has 12 nitrogen and oxygen atoms in total. The second-order valence-electron chi connectivity index (χ2n) is 8.30. The van der Waals surface area contributed by atoms with Gasteiger partial charge in [-0.05, 0) is 0 Å². The Bertz CT molecular complexity index is 865. The van der Waals surface area contributed by atoms with Gasteiger partial charge in [-0.3, -0.25) is 0 Å². The molecule has 2 aliphatic heterocycles. The topological polar surface area (TPSA) is 167 Å². The van der Waals surface area contributed by atoms with E-state index in [0.717, 1.165) is 4.57 Å². The number of nitrogens with two attached hydrogens (primary N) is 1. The van der Waals surface area contributed by atoms with Crippen LogP contribution in [0.25, 0.3) is 0 Å². The van der Waals surface area contributed by atoms with Crippen molar-refractivity contribution >= 4 is 19.9 Å². The number of carbonyl (C=O) groups excluding carboxylic acids is 1. The number of hydrogen-bond acceptors (Lipinski definition) is 11. The molecule has 2 fully saturated rings. The van der Waals surface area contributed by atoms with Crippen LogP contribution in [0.1, 0.15) is 40.3 Å². The summed E-state index contributed by atoms with van der Waals surface area (Å²) in [5.41, 5.74) is 3.12. The van der Waals surface area contributed by atoms with Crippen LogP contribution in [0.15, 0.2) is 17.1 Å². The summed E-state index contributed by atoms with van der Waals surface area (Å²) in [4.78, 5) is 39.2. The van der Waals surface area contributed by atoms with Crippen LogP contribution in [0, 0.1) is 5.92 Å². The number of nitrogen functional groups attached to an aromatic ring is 1. The van der Waals surface area contributed by atoms with E-state index in [-0.39, 0.29) is 24.9 Å². The third-order valence-electron chi connectivity index (χ3n) is 5.19. The van der Waals surface area contributed by atoms with E-state index in [0.29, 0.717) is 6.42 Å². The molecule has 176 valence electrons. The molecule has 1 aromatic rings. The molecule has 0 aliphatic carbocycles. The van der Waals surface area contributed by atoms with Crippen LogP contribution in [-0.2, 0) is 23.3 Å². The third-order valence-corrected chi connectivity index (χ3v) is 7.03. The normalized spacial score (nSPS) is 31.8. The summed E-state index contributed by atoms with van der Waals surface area (Å²) in [6, 6.07) is 0.558. The average Bonchev–Trinajstić information content (AvgIpc) is 2.91. The molecule has 5 N–H and O–H groups in total. The maximum absolute atomic E-state index is 12.3. The second-order valence-corrected chi connectivity index (χ2v) is 10.3. The molecule has 0 bridgehead atoms. The second kappa shape index (κ2) is 9.07. The molecule has 3 rings (SSSR count). The Labute approximate surface area is 180 Å². The van der Waals surface area contributed by atoms with Crippen LogP contribution in [0.4, 0.5) is 5.82 Å². The number of nitrogens with zero attached hydrogens (tertiary/aromatic N) is 2. The Morgan fingerprint density at radius 2 is 2.26 bits per heavy atom. The van der Waals surface area contributed by atoms with Gasteiger partial charge in [0.1, 0.15) is 0 Å². The predicted molar refractivity (Wildman–Crippen MR) is 112 cm³/mol. The Balaban J connectivity index is 1.80. The Morgan fingerprint density at radius 1 is 1.55 bits per heavy atom. The van der Waals surface area contributed by atoms with Crippen LogP contribution in [-0.4, -0.2) is 62.6 Å². The Hall–Kier alpha value is -1.66. The first-order valence-corrected chi connectivity index (χ1v) is 11.9. The average molecular weight is 462 g/mol. The van der Waals surface area contributed by atoms with Crippen molar-refractivity contribution in [3.63, 3.8) is 0 Å². The van der Waals surface area contributed by atoms with Crippen molar-refractivity contribution < 1.29 is 33.3 Å². The van der Waals surface area contributed by atoms with Gasteiger partial charge < -0.3 is 0 Å². The zero-order chi connectivity index (χ0) is 23.0.